The van der Waals surface area contributed by atoms with Crippen molar-refractivity contribution in [3.8, 4) is 0 Å². The zero-order valence-electron chi connectivity index (χ0n) is 11.0. The lowest BCUT2D eigenvalue weighted by Gasteiger charge is -2.06. The Balaban J connectivity index is 3.68. The molecule has 2 heteroatoms. The molecule has 0 fully saturated rings. The molecule has 0 unspecified atom stereocenters. The average molecular weight is 224 g/mol. The van der Waals surface area contributed by atoms with Gasteiger partial charge in [0.1, 0.15) is 0 Å². The smallest absolute Gasteiger partial charge is 0.330 e. The van der Waals surface area contributed by atoms with Crippen molar-refractivity contribution in [2.45, 2.75) is 47.0 Å². The van der Waals surface area contributed by atoms with E-state index in [0.717, 1.165) is 12.8 Å². The van der Waals surface area contributed by atoms with Crippen molar-refractivity contribution in [2.24, 2.45) is 5.92 Å². The predicted molar refractivity (Wildman–Crippen MR) is 68.2 cm³/mol. The number of esters is 1. The molecule has 0 rings (SSSR count). The summed E-state index contributed by atoms with van der Waals surface area (Å²) in [4.78, 5) is 11.0. The molecule has 0 aliphatic heterocycles. The molecular weight excluding hydrogens is 200 g/mol. The van der Waals surface area contributed by atoms with Gasteiger partial charge in [0.15, 0.2) is 0 Å². The van der Waals surface area contributed by atoms with E-state index in [1.54, 1.807) is 0 Å². The van der Waals surface area contributed by atoms with Gasteiger partial charge in [-0.2, -0.15) is 0 Å². The third kappa shape index (κ3) is 9.50. The second-order valence-corrected chi connectivity index (χ2v) is 4.35. The summed E-state index contributed by atoms with van der Waals surface area (Å²) < 4.78 is 4.80. The van der Waals surface area contributed by atoms with Crippen molar-refractivity contribution >= 4 is 5.97 Å². The summed E-state index contributed by atoms with van der Waals surface area (Å²) in [6, 6.07) is 0. The van der Waals surface area contributed by atoms with Gasteiger partial charge in [0.25, 0.3) is 0 Å². The first-order valence-electron chi connectivity index (χ1n) is 6.03. The van der Waals surface area contributed by atoms with Gasteiger partial charge >= 0.3 is 5.97 Å². The molecule has 0 saturated heterocycles. The highest BCUT2D eigenvalue weighted by Crippen LogP contribution is 2.12. The molecule has 16 heavy (non-hydrogen) atoms. The van der Waals surface area contributed by atoms with Crippen molar-refractivity contribution < 1.29 is 9.53 Å². The van der Waals surface area contributed by atoms with Gasteiger partial charge in [-0.05, 0) is 46.0 Å². The van der Waals surface area contributed by atoms with Crippen LogP contribution < -0.4 is 0 Å². The molecule has 92 valence electrons. The molecule has 0 saturated carbocycles. The van der Waals surface area contributed by atoms with Crippen LogP contribution in [0.15, 0.2) is 23.8 Å². The molecule has 0 aliphatic carbocycles. The maximum atomic E-state index is 11.0. The third-order valence-corrected chi connectivity index (χ3v) is 2.29. The highest BCUT2D eigenvalue weighted by Gasteiger charge is 1.99. The Morgan fingerprint density at radius 2 is 2.06 bits per heavy atom. The van der Waals surface area contributed by atoms with Crippen LogP contribution in [0.2, 0.25) is 0 Å². The molecule has 0 amide bonds. The van der Waals surface area contributed by atoms with E-state index < -0.39 is 0 Å². The van der Waals surface area contributed by atoms with Crippen LogP contribution >= 0.6 is 0 Å². The van der Waals surface area contributed by atoms with Crippen molar-refractivity contribution in [2.75, 3.05) is 6.61 Å². The summed E-state index contributed by atoms with van der Waals surface area (Å²) in [6.07, 6.45) is 8.92. The molecule has 0 heterocycles. The molecular formula is C14H24O2. The molecule has 0 aromatic heterocycles. The minimum atomic E-state index is -0.237. The lowest BCUT2D eigenvalue weighted by Crippen LogP contribution is -1.99. The summed E-state index contributed by atoms with van der Waals surface area (Å²) in [5.41, 5.74) is 1.37. The Labute approximate surface area is 99.4 Å². The molecule has 0 aliphatic rings. The first-order chi connectivity index (χ1) is 7.56. The SMILES string of the molecule is CCOC(=O)/C=C/C[C@H](C)CCC=C(C)C. The normalized spacial score (nSPS) is 12.5. The number of allylic oxidation sites excluding steroid dienone is 3. The van der Waals surface area contributed by atoms with Crippen molar-refractivity contribution in [3.63, 3.8) is 0 Å². The topological polar surface area (TPSA) is 26.3 Å². The summed E-state index contributed by atoms with van der Waals surface area (Å²) >= 11 is 0. The molecule has 0 radical (unpaired) electrons. The molecule has 0 spiro atoms. The van der Waals surface area contributed by atoms with Crippen molar-refractivity contribution in [1.29, 1.82) is 0 Å². The second kappa shape index (κ2) is 9.20. The van der Waals surface area contributed by atoms with Crippen LogP contribution in [-0.2, 0) is 9.53 Å². The zero-order chi connectivity index (χ0) is 12.4. The summed E-state index contributed by atoms with van der Waals surface area (Å²) in [6.45, 7) is 8.69. The second-order valence-electron chi connectivity index (χ2n) is 4.35. The van der Waals surface area contributed by atoms with E-state index in [-0.39, 0.29) is 5.97 Å². The van der Waals surface area contributed by atoms with Crippen LogP contribution in [0.4, 0.5) is 0 Å². The maximum absolute atomic E-state index is 11.0. The molecule has 0 aromatic rings. The van der Waals surface area contributed by atoms with E-state index in [0.29, 0.717) is 12.5 Å². The quantitative estimate of drug-likeness (QED) is 0.373. The Hall–Kier alpha value is -1.05. The van der Waals surface area contributed by atoms with E-state index in [4.69, 9.17) is 4.74 Å². The van der Waals surface area contributed by atoms with Gasteiger partial charge in [-0.1, -0.05) is 24.6 Å². The van der Waals surface area contributed by atoms with Crippen LogP contribution in [0.5, 0.6) is 0 Å². The minimum absolute atomic E-state index is 0.237. The molecule has 0 bridgehead atoms. The van der Waals surface area contributed by atoms with E-state index in [2.05, 4.69) is 26.8 Å². The fourth-order valence-electron chi connectivity index (χ4n) is 1.36. The van der Waals surface area contributed by atoms with Crippen LogP contribution in [-0.4, -0.2) is 12.6 Å². The molecule has 0 N–H and O–H groups in total. The third-order valence-electron chi connectivity index (χ3n) is 2.29. The first-order valence-corrected chi connectivity index (χ1v) is 6.03. The van der Waals surface area contributed by atoms with Gasteiger partial charge in [-0.25, -0.2) is 4.79 Å². The number of rotatable bonds is 7. The van der Waals surface area contributed by atoms with Gasteiger partial charge in [-0.15, -0.1) is 0 Å². The lowest BCUT2D eigenvalue weighted by molar-refractivity contribution is -0.137. The van der Waals surface area contributed by atoms with E-state index in [9.17, 15) is 4.79 Å². The van der Waals surface area contributed by atoms with Gasteiger partial charge < -0.3 is 4.74 Å². The van der Waals surface area contributed by atoms with Crippen molar-refractivity contribution in [3.05, 3.63) is 23.8 Å². The standard InChI is InChI=1S/C14H24O2/c1-5-16-14(15)11-7-10-13(4)9-6-8-12(2)3/h7-8,11,13H,5-6,9-10H2,1-4H3/b11-7+/t13-/m1/s1. The number of carbonyl (C=O) groups is 1. The summed E-state index contributed by atoms with van der Waals surface area (Å²) in [7, 11) is 0. The largest absolute Gasteiger partial charge is 0.463 e. The summed E-state index contributed by atoms with van der Waals surface area (Å²) in [5, 5.41) is 0. The van der Waals surface area contributed by atoms with E-state index in [1.165, 1.54) is 18.1 Å². The fourth-order valence-corrected chi connectivity index (χ4v) is 1.36. The molecule has 2 nitrogen and oxygen atoms in total. The average Bonchev–Trinajstić information content (AvgIpc) is 2.17. The molecule has 1 atom stereocenters. The summed E-state index contributed by atoms with van der Waals surface area (Å²) in [5.74, 6) is 0.375. The Morgan fingerprint density at radius 1 is 1.38 bits per heavy atom. The van der Waals surface area contributed by atoms with Gasteiger partial charge in [0.05, 0.1) is 6.61 Å². The monoisotopic (exact) mass is 224 g/mol. The van der Waals surface area contributed by atoms with Crippen LogP contribution in [0.25, 0.3) is 0 Å². The lowest BCUT2D eigenvalue weighted by atomic mass is 10.0. The fraction of sp³-hybridized carbons (Fsp3) is 0.643. The number of hydrogen-bond acceptors (Lipinski definition) is 2. The van der Waals surface area contributed by atoms with Crippen molar-refractivity contribution in [1.82, 2.24) is 0 Å². The Bertz CT molecular complexity index is 247. The zero-order valence-corrected chi connectivity index (χ0v) is 11.0. The highest BCUT2D eigenvalue weighted by atomic mass is 16.5. The molecule has 0 aromatic carbocycles. The van der Waals surface area contributed by atoms with Gasteiger partial charge in [-0.3, -0.25) is 0 Å². The van der Waals surface area contributed by atoms with Crippen LogP contribution in [0.3, 0.4) is 0 Å². The maximum Gasteiger partial charge on any atom is 0.330 e. The Kier molecular flexibility index (Phi) is 8.59. The number of hydrogen-bond donors (Lipinski definition) is 0. The van der Waals surface area contributed by atoms with Gasteiger partial charge in [0, 0.05) is 6.08 Å². The minimum Gasteiger partial charge on any atom is -0.463 e. The van der Waals surface area contributed by atoms with Crippen LogP contribution in [0.1, 0.15) is 47.0 Å². The number of carbonyl (C=O) groups excluding carboxylic acids is 1. The Morgan fingerprint density at radius 3 is 2.62 bits per heavy atom. The van der Waals surface area contributed by atoms with Gasteiger partial charge in [0.2, 0.25) is 0 Å². The van der Waals surface area contributed by atoms with Crippen LogP contribution in [0, 0.1) is 5.92 Å². The van der Waals surface area contributed by atoms with E-state index in [1.807, 2.05) is 13.0 Å². The highest BCUT2D eigenvalue weighted by molar-refractivity contribution is 5.81. The number of ether oxygens (including phenoxy) is 1. The first kappa shape index (κ1) is 14.9. The van der Waals surface area contributed by atoms with E-state index >= 15 is 0 Å². The predicted octanol–water partition coefficient (Wildman–Crippen LogP) is 3.88.